The highest BCUT2D eigenvalue weighted by Gasteiger charge is 2.36. The first-order valence-corrected chi connectivity index (χ1v) is 11.8. The van der Waals surface area contributed by atoms with E-state index >= 15 is 0 Å². The van der Waals surface area contributed by atoms with Gasteiger partial charge in [0.25, 0.3) is 5.91 Å². The fraction of sp³-hybridized carbons (Fsp3) is 0.346. The monoisotopic (exact) mass is 436 g/mol. The molecule has 3 nitrogen and oxygen atoms in total. The summed E-state index contributed by atoms with van der Waals surface area (Å²) in [6.45, 7) is 7.59. The van der Waals surface area contributed by atoms with Crippen molar-refractivity contribution in [2.45, 2.75) is 32.4 Å². The zero-order valence-corrected chi connectivity index (χ0v) is 18.9. The van der Waals surface area contributed by atoms with Gasteiger partial charge < -0.3 is 4.90 Å². The molecule has 2 heterocycles. The molecule has 0 spiro atoms. The van der Waals surface area contributed by atoms with Crippen molar-refractivity contribution in [2.24, 2.45) is 5.92 Å². The lowest BCUT2D eigenvalue weighted by atomic mass is 9.88. The Hall–Kier alpha value is -2.50. The van der Waals surface area contributed by atoms with Crippen LogP contribution in [-0.4, -0.2) is 41.4 Å². The van der Waals surface area contributed by atoms with Gasteiger partial charge in [0.1, 0.15) is 5.82 Å². The van der Waals surface area contributed by atoms with E-state index in [9.17, 15) is 9.18 Å². The van der Waals surface area contributed by atoms with Gasteiger partial charge in [-0.3, -0.25) is 9.69 Å². The topological polar surface area (TPSA) is 23.6 Å². The molecule has 1 fully saturated rings. The first-order chi connectivity index (χ1) is 15.0. The van der Waals surface area contributed by atoms with Crippen molar-refractivity contribution in [3.8, 4) is 0 Å². The second-order valence-electron chi connectivity index (χ2n) is 8.61. The molecule has 4 rings (SSSR count). The molecule has 162 valence electrons. The number of thiophene rings is 1. The molecule has 1 amide bonds. The van der Waals surface area contributed by atoms with Crippen LogP contribution in [0.2, 0.25) is 0 Å². The number of carbonyl (C=O) groups is 1. The smallest absolute Gasteiger partial charge is 0.254 e. The molecule has 1 aromatic heterocycles. The van der Waals surface area contributed by atoms with Gasteiger partial charge in [0, 0.05) is 48.6 Å². The SMILES string of the molecule is CC(C)N(CC1CN(Cc2cccs2)CC1c1ccc(F)cc1)C(=O)c1ccccc1. The van der Waals surface area contributed by atoms with Gasteiger partial charge in [-0.15, -0.1) is 11.3 Å². The zero-order valence-electron chi connectivity index (χ0n) is 18.1. The Morgan fingerprint density at radius 2 is 1.81 bits per heavy atom. The maximum absolute atomic E-state index is 13.5. The van der Waals surface area contributed by atoms with Gasteiger partial charge in [0.2, 0.25) is 0 Å². The Bertz CT molecular complexity index is 972. The summed E-state index contributed by atoms with van der Waals surface area (Å²) >= 11 is 1.78. The Morgan fingerprint density at radius 1 is 1.06 bits per heavy atom. The van der Waals surface area contributed by atoms with E-state index in [-0.39, 0.29) is 23.7 Å². The fourth-order valence-corrected chi connectivity index (χ4v) is 5.26. The van der Waals surface area contributed by atoms with E-state index in [0.29, 0.717) is 12.5 Å². The van der Waals surface area contributed by atoms with Crippen molar-refractivity contribution in [3.63, 3.8) is 0 Å². The second kappa shape index (κ2) is 9.75. The van der Waals surface area contributed by atoms with E-state index in [1.165, 1.54) is 4.88 Å². The predicted molar refractivity (Wildman–Crippen MR) is 125 cm³/mol. The molecule has 1 aliphatic rings. The van der Waals surface area contributed by atoms with Crippen LogP contribution in [0.4, 0.5) is 4.39 Å². The first kappa shape index (κ1) is 21.7. The van der Waals surface area contributed by atoms with E-state index in [4.69, 9.17) is 0 Å². The summed E-state index contributed by atoms with van der Waals surface area (Å²) in [4.78, 5) is 19.1. The Morgan fingerprint density at radius 3 is 2.45 bits per heavy atom. The number of halogens is 1. The number of amides is 1. The predicted octanol–water partition coefficient (Wildman–Crippen LogP) is 5.65. The van der Waals surface area contributed by atoms with Crippen molar-refractivity contribution < 1.29 is 9.18 Å². The van der Waals surface area contributed by atoms with Crippen LogP contribution in [0.15, 0.2) is 72.1 Å². The van der Waals surface area contributed by atoms with Crippen LogP contribution >= 0.6 is 11.3 Å². The molecule has 0 radical (unpaired) electrons. The third-order valence-electron chi connectivity index (χ3n) is 6.11. The number of nitrogens with zero attached hydrogens (tertiary/aromatic N) is 2. The third kappa shape index (κ3) is 5.23. The van der Waals surface area contributed by atoms with E-state index in [1.54, 1.807) is 23.5 Å². The number of hydrogen-bond acceptors (Lipinski definition) is 3. The van der Waals surface area contributed by atoms with Crippen LogP contribution in [0.25, 0.3) is 0 Å². The molecule has 0 saturated carbocycles. The number of likely N-dealkylation sites (tertiary alicyclic amines) is 1. The van der Waals surface area contributed by atoms with Crippen molar-refractivity contribution >= 4 is 17.2 Å². The molecule has 31 heavy (non-hydrogen) atoms. The lowest BCUT2D eigenvalue weighted by Gasteiger charge is -2.32. The minimum atomic E-state index is -0.211. The first-order valence-electron chi connectivity index (χ1n) is 10.9. The van der Waals surface area contributed by atoms with E-state index < -0.39 is 0 Å². The zero-order chi connectivity index (χ0) is 21.8. The summed E-state index contributed by atoms with van der Waals surface area (Å²) in [5.41, 5.74) is 1.87. The molecule has 0 bridgehead atoms. The lowest BCUT2D eigenvalue weighted by molar-refractivity contribution is 0.0668. The van der Waals surface area contributed by atoms with Gasteiger partial charge in [-0.05, 0) is 61.0 Å². The quantitative estimate of drug-likeness (QED) is 0.478. The summed E-state index contributed by atoms with van der Waals surface area (Å²) in [5, 5.41) is 2.11. The summed E-state index contributed by atoms with van der Waals surface area (Å²) in [6.07, 6.45) is 0. The van der Waals surface area contributed by atoms with Gasteiger partial charge in [-0.25, -0.2) is 4.39 Å². The van der Waals surface area contributed by atoms with Crippen LogP contribution in [-0.2, 0) is 6.54 Å². The number of carbonyl (C=O) groups excluding carboxylic acids is 1. The summed E-state index contributed by atoms with van der Waals surface area (Å²) in [6, 6.07) is 20.8. The molecule has 5 heteroatoms. The molecule has 1 aliphatic heterocycles. The van der Waals surface area contributed by atoms with Gasteiger partial charge in [-0.1, -0.05) is 36.4 Å². The fourth-order valence-electron chi connectivity index (χ4n) is 4.51. The average Bonchev–Trinajstić information content (AvgIpc) is 3.43. The van der Waals surface area contributed by atoms with Crippen LogP contribution in [0, 0.1) is 11.7 Å². The molecule has 2 atom stereocenters. The maximum Gasteiger partial charge on any atom is 0.254 e. The highest BCUT2D eigenvalue weighted by molar-refractivity contribution is 7.09. The van der Waals surface area contributed by atoms with Crippen molar-refractivity contribution in [3.05, 3.63) is 93.9 Å². The number of benzene rings is 2. The van der Waals surface area contributed by atoms with E-state index in [2.05, 4.69) is 36.3 Å². The average molecular weight is 437 g/mol. The van der Waals surface area contributed by atoms with Gasteiger partial charge in [0.15, 0.2) is 0 Å². The molecular formula is C26H29FN2OS. The second-order valence-corrected chi connectivity index (χ2v) is 9.64. The Balaban J connectivity index is 1.57. The molecular weight excluding hydrogens is 407 g/mol. The summed E-state index contributed by atoms with van der Waals surface area (Å²) < 4.78 is 13.5. The lowest BCUT2D eigenvalue weighted by Crippen LogP contribution is -2.42. The van der Waals surface area contributed by atoms with Gasteiger partial charge in [-0.2, -0.15) is 0 Å². The highest BCUT2D eigenvalue weighted by Crippen LogP contribution is 2.35. The largest absolute Gasteiger partial charge is 0.336 e. The van der Waals surface area contributed by atoms with Crippen LogP contribution in [0.3, 0.4) is 0 Å². The Labute approximate surface area is 188 Å². The van der Waals surface area contributed by atoms with E-state index in [1.807, 2.05) is 47.4 Å². The standard InChI is InChI=1S/C26H29FN2OS/c1-19(2)29(26(30)21-7-4-3-5-8-21)16-22-15-28(17-24-9-6-14-31-24)18-25(22)20-10-12-23(27)13-11-20/h3-14,19,22,25H,15-18H2,1-2H3. The molecule has 0 aliphatic carbocycles. The van der Waals surface area contributed by atoms with Crippen LogP contribution < -0.4 is 0 Å². The van der Waals surface area contributed by atoms with Gasteiger partial charge in [0.05, 0.1) is 0 Å². The van der Waals surface area contributed by atoms with Crippen molar-refractivity contribution in [2.75, 3.05) is 19.6 Å². The third-order valence-corrected chi connectivity index (χ3v) is 6.97. The number of rotatable bonds is 7. The molecule has 2 unspecified atom stereocenters. The summed E-state index contributed by atoms with van der Waals surface area (Å²) in [5.74, 6) is 0.424. The molecule has 1 saturated heterocycles. The van der Waals surface area contributed by atoms with Crippen LogP contribution in [0.5, 0.6) is 0 Å². The van der Waals surface area contributed by atoms with Crippen molar-refractivity contribution in [1.29, 1.82) is 0 Å². The number of hydrogen-bond donors (Lipinski definition) is 0. The minimum Gasteiger partial charge on any atom is -0.336 e. The van der Waals surface area contributed by atoms with Gasteiger partial charge >= 0.3 is 0 Å². The van der Waals surface area contributed by atoms with Crippen molar-refractivity contribution in [1.82, 2.24) is 9.80 Å². The minimum absolute atomic E-state index is 0.0742. The Kier molecular flexibility index (Phi) is 6.83. The molecule has 2 aromatic carbocycles. The van der Waals surface area contributed by atoms with E-state index in [0.717, 1.165) is 30.8 Å². The normalized spacial score (nSPS) is 19.1. The summed E-state index contributed by atoms with van der Waals surface area (Å²) in [7, 11) is 0. The highest BCUT2D eigenvalue weighted by atomic mass is 32.1. The maximum atomic E-state index is 13.5. The van der Waals surface area contributed by atoms with Crippen LogP contribution in [0.1, 0.15) is 40.6 Å². The molecule has 3 aromatic rings. The molecule has 0 N–H and O–H groups in total.